The fourth-order valence-electron chi connectivity index (χ4n) is 0.742. The molecule has 0 amide bonds. The number of rotatable bonds is 3. The molecule has 0 unspecified atom stereocenters. The van der Waals surface area contributed by atoms with Crippen LogP contribution >= 0.6 is 15.9 Å². The summed E-state index contributed by atoms with van der Waals surface area (Å²) in [6, 6.07) is 7.71. The molecule has 1 nitrogen and oxygen atoms in total. The van der Waals surface area contributed by atoms with E-state index in [1.807, 2.05) is 24.3 Å². The molecular formula is C9H10BrO. The fraction of sp³-hybridized carbons (Fsp3) is 0.222. The van der Waals surface area contributed by atoms with Gasteiger partial charge in [0.1, 0.15) is 5.75 Å². The van der Waals surface area contributed by atoms with Gasteiger partial charge in [0.15, 0.2) is 0 Å². The van der Waals surface area contributed by atoms with Crippen LogP contribution in [0.3, 0.4) is 0 Å². The lowest BCUT2D eigenvalue weighted by atomic mass is 10.2. The van der Waals surface area contributed by atoms with E-state index < -0.39 is 0 Å². The van der Waals surface area contributed by atoms with Gasteiger partial charge in [0.05, 0.1) is 6.61 Å². The summed E-state index contributed by atoms with van der Waals surface area (Å²) in [4.78, 5) is 0. The first-order chi connectivity index (χ1) is 5.33. The molecule has 0 heterocycles. The summed E-state index contributed by atoms with van der Waals surface area (Å²) in [6.45, 7) is 4.48. The molecule has 0 saturated carbocycles. The first-order valence-corrected chi connectivity index (χ1v) is 4.56. The summed E-state index contributed by atoms with van der Waals surface area (Å²) in [5.41, 5.74) is 1.01. The molecule has 1 aromatic rings. The highest BCUT2D eigenvalue weighted by molar-refractivity contribution is 9.09. The lowest BCUT2D eigenvalue weighted by Crippen LogP contribution is -1.96. The Morgan fingerprint density at radius 1 is 1.27 bits per heavy atom. The monoisotopic (exact) mass is 213 g/mol. The topological polar surface area (TPSA) is 9.23 Å². The van der Waals surface area contributed by atoms with E-state index in [4.69, 9.17) is 4.74 Å². The minimum atomic E-state index is 0.705. The van der Waals surface area contributed by atoms with E-state index in [1.165, 1.54) is 0 Å². The molecule has 0 saturated heterocycles. The van der Waals surface area contributed by atoms with Crippen LogP contribution in [-0.4, -0.2) is 11.9 Å². The molecule has 0 fully saturated rings. The Kier molecular flexibility index (Phi) is 3.43. The van der Waals surface area contributed by atoms with Crippen LogP contribution in [0.2, 0.25) is 0 Å². The van der Waals surface area contributed by atoms with Gasteiger partial charge in [-0.25, -0.2) is 0 Å². The van der Waals surface area contributed by atoms with Gasteiger partial charge in [0, 0.05) is 5.33 Å². The van der Waals surface area contributed by atoms with Crippen LogP contribution in [0, 0.1) is 6.92 Å². The van der Waals surface area contributed by atoms with Crippen LogP contribution in [0.4, 0.5) is 0 Å². The number of hydrogen-bond donors (Lipinski definition) is 0. The van der Waals surface area contributed by atoms with E-state index in [0.717, 1.165) is 16.6 Å². The summed E-state index contributed by atoms with van der Waals surface area (Å²) in [5.74, 6) is 0.900. The summed E-state index contributed by atoms with van der Waals surface area (Å²) in [6.07, 6.45) is 0. The van der Waals surface area contributed by atoms with Crippen molar-refractivity contribution in [2.45, 2.75) is 0 Å². The minimum absolute atomic E-state index is 0.705. The third-order valence-corrected chi connectivity index (χ3v) is 1.59. The van der Waals surface area contributed by atoms with Gasteiger partial charge in [0.25, 0.3) is 0 Å². The number of halogens is 1. The molecule has 1 aromatic carbocycles. The number of benzene rings is 1. The van der Waals surface area contributed by atoms with Crippen molar-refractivity contribution in [1.29, 1.82) is 0 Å². The zero-order valence-electron chi connectivity index (χ0n) is 6.22. The van der Waals surface area contributed by atoms with Crippen molar-refractivity contribution in [1.82, 2.24) is 0 Å². The van der Waals surface area contributed by atoms with Crippen LogP contribution in [0.5, 0.6) is 5.75 Å². The van der Waals surface area contributed by atoms with Gasteiger partial charge >= 0.3 is 0 Å². The quantitative estimate of drug-likeness (QED) is 0.702. The predicted molar refractivity (Wildman–Crippen MR) is 50.2 cm³/mol. The second-order valence-electron chi connectivity index (χ2n) is 2.18. The SMILES string of the molecule is [CH2]c1ccc(OCCBr)cc1. The predicted octanol–water partition coefficient (Wildman–Crippen LogP) is 2.64. The summed E-state index contributed by atoms with van der Waals surface area (Å²) < 4.78 is 5.34. The molecule has 1 radical (unpaired) electrons. The van der Waals surface area contributed by atoms with Crippen LogP contribution in [0.1, 0.15) is 5.56 Å². The van der Waals surface area contributed by atoms with Crippen LogP contribution < -0.4 is 4.74 Å². The third-order valence-electron chi connectivity index (χ3n) is 1.27. The molecule has 2 heteroatoms. The smallest absolute Gasteiger partial charge is 0.119 e. The average molecular weight is 214 g/mol. The molecule has 0 aliphatic heterocycles. The lowest BCUT2D eigenvalue weighted by molar-refractivity contribution is 0.345. The lowest BCUT2D eigenvalue weighted by Gasteiger charge is -2.02. The van der Waals surface area contributed by atoms with Crippen LogP contribution in [0.25, 0.3) is 0 Å². The minimum Gasteiger partial charge on any atom is -0.493 e. The van der Waals surface area contributed by atoms with Crippen molar-refractivity contribution < 1.29 is 4.74 Å². The molecule has 11 heavy (non-hydrogen) atoms. The van der Waals surface area contributed by atoms with Gasteiger partial charge in [-0.3, -0.25) is 0 Å². The van der Waals surface area contributed by atoms with Crippen molar-refractivity contribution in [2.24, 2.45) is 0 Å². The number of hydrogen-bond acceptors (Lipinski definition) is 1. The normalized spacial score (nSPS) is 9.64. The molecule has 0 N–H and O–H groups in total. The largest absolute Gasteiger partial charge is 0.493 e. The Morgan fingerprint density at radius 2 is 1.91 bits per heavy atom. The first kappa shape index (κ1) is 8.60. The zero-order chi connectivity index (χ0) is 8.10. The molecule has 1 rings (SSSR count). The van der Waals surface area contributed by atoms with Gasteiger partial charge in [0.2, 0.25) is 0 Å². The third kappa shape index (κ3) is 2.93. The highest BCUT2D eigenvalue weighted by Crippen LogP contribution is 2.10. The maximum atomic E-state index is 5.34. The van der Waals surface area contributed by atoms with Crippen molar-refractivity contribution in [3.8, 4) is 5.75 Å². The second kappa shape index (κ2) is 4.39. The van der Waals surface area contributed by atoms with E-state index in [9.17, 15) is 0 Å². The van der Waals surface area contributed by atoms with Crippen molar-refractivity contribution >= 4 is 15.9 Å². The molecule has 0 bridgehead atoms. The maximum absolute atomic E-state index is 5.34. The average Bonchev–Trinajstić information content (AvgIpc) is 2.04. The maximum Gasteiger partial charge on any atom is 0.119 e. The van der Waals surface area contributed by atoms with E-state index >= 15 is 0 Å². The molecule has 0 spiro atoms. The molecule has 0 aliphatic carbocycles. The highest BCUT2D eigenvalue weighted by Gasteiger charge is 1.90. The summed E-state index contributed by atoms with van der Waals surface area (Å²) in [5, 5.41) is 0.860. The van der Waals surface area contributed by atoms with Crippen molar-refractivity contribution in [2.75, 3.05) is 11.9 Å². The van der Waals surface area contributed by atoms with Crippen LogP contribution in [-0.2, 0) is 0 Å². The zero-order valence-corrected chi connectivity index (χ0v) is 7.80. The Morgan fingerprint density at radius 3 is 2.45 bits per heavy atom. The Hall–Kier alpha value is -0.500. The molecule has 59 valence electrons. The number of alkyl halides is 1. The molecular weight excluding hydrogens is 204 g/mol. The van der Waals surface area contributed by atoms with Gasteiger partial charge in [-0.15, -0.1) is 0 Å². The standard InChI is InChI=1S/C9H10BrO/c1-8-2-4-9(5-3-8)11-7-6-10/h2-5H,1,6-7H2. The van der Waals surface area contributed by atoms with Gasteiger partial charge in [-0.05, 0) is 24.6 Å². The van der Waals surface area contributed by atoms with Crippen molar-refractivity contribution in [3.05, 3.63) is 36.8 Å². The van der Waals surface area contributed by atoms with E-state index in [2.05, 4.69) is 22.9 Å². The first-order valence-electron chi connectivity index (χ1n) is 3.43. The molecule has 0 aliphatic rings. The van der Waals surface area contributed by atoms with Gasteiger partial charge in [-0.1, -0.05) is 28.1 Å². The summed E-state index contributed by atoms with van der Waals surface area (Å²) in [7, 11) is 0. The summed E-state index contributed by atoms with van der Waals surface area (Å²) >= 11 is 3.28. The van der Waals surface area contributed by atoms with E-state index in [1.54, 1.807) is 0 Å². The fourth-order valence-corrected chi connectivity index (χ4v) is 0.904. The highest BCUT2D eigenvalue weighted by atomic mass is 79.9. The number of ether oxygens (including phenoxy) is 1. The van der Waals surface area contributed by atoms with Gasteiger partial charge in [-0.2, -0.15) is 0 Å². The van der Waals surface area contributed by atoms with E-state index in [0.29, 0.717) is 6.61 Å². The second-order valence-corrected chi connectivity index (χ2v) is 2.97. The van der Waals surface area contributed by atoms with Crippen molar-refractivity contribution in [3.63, 3.8) is 0 Å². The van der Waals surface area contributed by atoms with E-state index in [-0.39, 0.29) is 0 Å². The van der Waals surface area contributed by atoms with Crippen LogP contribution in [0.15, 0.2) is 24.3 Å². The Balaban J connectivity index is 2.52. The van der Waals surface area contributed by atoms with Gasteiger partial charge < -0.3 is 4.74 Å². The Bertz CT molecular complexity index is 205. The Labute approximate surface area is 75.5 Å². The molecule has 0 aromatic heterocycles. The molecule has 0 atom stereocenters.